The molecule has 1 unspecified atom stereocenters. The van der Waals surface area contributed by atoms with E-state index in [1.54, 1.807) is 0 Å². The molecule has 2 aliphatic rings. The number of nitrogens with one attached hydrogen (secondary N) is 1. The van der Waals surface area contributed by atoms with Crippen LogP contribution >= 0.6 is 11.6 Å². The Bertz CT molecular complexity index is 442. The van der Waals surface area contributed by atoms with Gasteiger partial charge in [-0.3, -0.25) is 0 Å². The summed E-state index contributed by atoms with van der Waals surface area (Å²) in [7, 11) is 0. The fourth-order valence-electron chi connectivity index (χ4n) is 2.74. The summed E-state index contributed by atoms with van der Waals surface area (Å²) in [5.41, 5.74) is 2.47. The number of hydrogen-bond donors (Lipinski definition) is 1. The van der Waals surface area contributed by atoms with Gasteiger partial charge in [0, 0.05) is 23.6 Å². The van der Waals surface area contributed by atoms with E-state index in [-0.39, 0.29) is 0 Å². The van der Waals surface area contributed by atoms with E-state index in [1.807, 2.05) is 12.1 Å². The Balaban J connectivity index is 1.61. The van der Waals surface area contributed by atoms with E-state index in [4.69, 9.17) is 16.3 Å². The average Bonchev–Trinajstić information content (AvgIpc) is 3.08. The van der Waals surface area contributed by atoms with Gasteiger partial charge in [0.25, 0.3) is 0 Å². The van der Waals surface area contributed by atoms with Crippen LogP contribution in [0.4, 0.5) is 0 Å². The summed E-state index contributed by atoms with van der Waals surface area (Å²) in [5.74, 6) is 2.81. The van der Waals surface area contributed by atoms with Gasteiger partial charge < -0.3 is 10.1 Å². The van der Waals surface area contributed by atoms with Crippen LogP contribution in [0.1, 0.15) is 30.9 Å². The minimum atomic E-state index is 0.790. The summed E-state index contributed by atoms with van der Waals surface area (Å²) < 4.78 is 5.70. The highest BCUT2D eigenvalue weighted by molar-refractivity contribution is 6.30. The minimum absolute atomic E-state index is 0.790. The summed E-state index contributed by atoms with van der Waals surface area (Å²) in [6, 6.07) is 4.06. The molecule has 1 N–H and O–H groups in total. The molecule has 98 valence electrons. The van der Waals surface area contributed by atoms with E-state index in [9.17, 15) is 0 Å². The van der Waals surface area contributed by atoms with Gasteiger partial charge in [-0.05, 0) is 48.9 Å². The first kappa shape index (κ1) is 12.3. The largest absolute Gasteiger partial charge is 0.493 e. The Morgan fingerprint density at radius 1 is 1.44 bits per heavy atom. The first-order chi connectivity index (χ1) is 8.74. The number of halogens is 1. The van der Waals surface area contributed by atoms with Crippen LogP contribution in [0, 0.1) is 11.8 Å². The van der Waals surface area contributed by atoms with E-state index in [0.717, 1.165) is 48.7 Å². The number of fused-ring (bicyclic) bond motifs is 1. The van der Waals surface area contributed by atoms with Crippen molar-refractivity contribution in [2.45, 2.75) is 32.7 Å². The van der Waals surface area contributed by atoms with Crippen molar-refractivity contribution in [1.29, 1.82) is 0 Å². The van der Waals surface area contributed by atoms with Crippen LogP contribution in [-0.2, 0) is 13.0 Å². The third-order valence-electron chi connectivity index (χ3n) is 4.03. The topological polar surface area (TPSA) is 21.3 Å². The Kier molecular flexibility index (Phi) is 3.49. The average molecular weight is 266 g/mol. The van der Waals surface area contributed by atoms with Gasteiger partial charge in [0.05, 0.1) is 6.61 Å². The Hall–Kier alpha value is -0.730. The van der Waals surface area contributed by atoms with Crippen molar-refractivity contribution in [2.75, 3.05) is 13.2 Å². The highest BCUT2D eigenvalue weighted by Crippen LogP contribution is 2.36. The minimum Gasteiger partial charge on any atom is -0.493 e. The zero-order valence-corrected chi connectivity index (χ0v) is 11.6. The van der Waals surface area contributed by atoms with Crippen molar-refractivity contribution >= 4 is 11.6 Å². The maximum Gasteiger partial charge on any atom is 0.127 e. The lowest BCUT2D eigenvalue weighted by Gasteiger charge is -2.13. The van der Waals surface area contributed by atoms with E-state index in [2.05, 4.69) is 12.2 Å². The third kappa shape index (κ3) is 2.65. The second-order valence-electron chi connectivity index (χ2n) is 5.60. The number of ether oxygens (including phenoxy) is 1. The van der Waals surface area contributed by atoms with Crippen LogP contribution in [0.25, 0.3) is 0 Å². The van der Waals surface area contributed by atoms with E-state index in [1.165, 1.54) is 24.0 Å². The molecule has 1 fully saturated rings. The molecule has 0 amide bonds. The molecular formula is C15H20ClNO. The molecule has 18 heavy (non-hydrogen) atoms. The molecule has 1 heterocycles. The lowest BCUT2D eigenvalue weighted by Crippen LogP contribution is -2.22. The van der Waals surface area contributed by atoms with E-state index in [0.29, 0.717) is 0 Å². The van der Waals surface area contributed by atoms with Crippen LogP contribution in [-0.4, -0.2) is 13.2 Å². The third-order valence-corrected chi connectivity index (χ3v) is 4.25. The quantitative estimate of drug-likeness (QED) is 0.881. The van der Waals surface area contributed by atoms with Crippen LogP contribution in [0.2, 0.25) is 5.02 Å². The highest BCUT2D eigenvalue weighted by Gasteiger charge is 2.27. The standard InChI is InChI=1S/C15H20ClNO/c1-10(11-2-3-11)8-17-9-13-7-14(16)6-12-4-5-18-15(12)13/h6-7,10-11,17H,2-5,8-9H2,1H3. The van der Waals surface area contributed by atoms with Gasteiger partial charge in [-0.2, -0.15) is 0 Å². The Morgan fingerprint density at radius 3 is 3.06 bits per heavy atom. The molecule has 2 nitrogen and oxygen atoms in total. The monoisotopic (exact) mass is 265 g/mol. The first-order valence-electron chi connectivity index (χ1n) is 6.89. The summed E-state index contributed by atoms with van der Waals surface area (Å²) >= 11 is 6.15. The van der Waals surface area contributed by atoms with Crippen molar-refractivity contribution in [3.05, 3.63) is 28.3 Å². The van der Waals surface area contributed by atoms with E-state index >= 15 is 0 Å². The number of benzene rings is 1. The van der Waals surface area contributed by atoms with Crippen LogP contribution in [0.15, 0.2) is 12.1 Å². The van der Waals surface area contributed by atoms with Crippen LogP contribution in [0.5, 0.6) is 5.75 Å². The van der Waals surface area contributed by atoms with E-state index < -0.39 is 0 Å². The maximum atomic E-state index is 6.15. The molecule has 1 atom stereocenters. The molecule has 0 saturated heterocycles. The molecule has 3 heteroatoms. The number of rotatable bonds is 5. The lowest BCUT2D eigenvalue weighted by atomic mass is 10.1. The maximum absolute atomic E-state index is 6.15. The SMILES string of the molecule is CC(CNCc1cc(Cl)cc2c1OCC2)C1CC1. The molecule has 0 bridgehead atoms. The molecule has 0 aromatic heterocycles. The zero-order chi connectivity index (χ0) is 12.5. The van der Waals surface area contributed by atoms with Gasteiger partial charge in [-0.15, -0.1) is 0 Å². The van der Waals surface area contributed by atoms with Crippen molar-refractivity contribution in [2.24, 2.45) is 11.8 Å². The Labute approximate surface area is 114 Å². The summed E-state index contributed by atoms with van der Waals surface area (Å²) in [5, 5.41) is 4.37. The van der Waals surface area contributed by atoms with Crippen molar-refractivity contribution in [3.8, 4) is 5.75 Å². The molecular weight excluding hydrogens is 246 g/mol. The molecule has 1 saturated carbocycles. The normalized spacial score (nSPS) is 19.4. The van der Waals surface area contributed by atoms with Crippen LogP contribution in [0.3, 0.4) is 0 Å². The molecule has 0 radical (unpaired) electrons. The summed E-state index contributed by atoms with van der Waals surface area (Å²) in [4.78, 5) is 0. The second kappa shape index (κ2) is 5.10. The predicted octanol–water partition coefficient (Wildman–Crippen LogP) is 3.41. The van der Waals surface area contributed by atoms with Crippen molar-refractivity contribution in [1.82, 2.24) is 5.32 Å². The van der Waals surface area contributed by atoms with Gasteiger partial charge in [0.2, 0.25) is 0 Å². The van der Waals surface area contributed by atoms with Gasteiger partial charge in [0.1, 0.15) is 5.75 Å². The molecule has 3 rings (SSSR count). The first-order valence-corrected chi connectivity index (χ1v) is 7.26. The molecule has 1 aromatic rings. The summed E-state index contributed by atoms with van der Waals surface area (Å²) in [6.07, 6.45) is 3.82. The predicted molar refractivity (Wildman–Crippen MR) is 74.2 cm³/mol. The lowest BCUT2D eigenvalue weighted by molar-refractivity contribution is 0.351. The van der Waals surface area contributed by atoms with Gasteiger partial charge in [0.15, 0.2) is 0 Å². The highest BCUT2D eigenvalue weighted by atomic mass is 35.5. The fourth-order valence-corrected chi connectivity index (χ4v) is 3.01. The molecule has 1 aliphatic heterocycles. The van der Waals surface area contributed by atoms with Gasteiger partial charge in [-0.25, -0.2) is 0 Å². The number of hydrogen-bond acceptors (Lipinski definition) is 2. The van der Waals surface area contributed by atoms with Crippen LogP contribution < -0.4 is 10.1 Å². The Morgan fingerprint density at radius 2 is 2.28 bits per heavy atom. The second-order valence-corrected chi connectivity index (χ2v) is 6.03. The van der Waals surface area contributed by atoms with Crippen molar-refractivity contribution < 1.29 is 4.74 Å². The van der Waals surface area contributed by atoms with Gasteiger partial charge >= 0.3 is 0 Å². The smallest absolute Gasteiger partial charge is 0.127 e. The zero-order valence-electron chi connectivity index (χ0n) is 10.8. The summed E-state index contributed by atoms with van der Waals surface area (Å²) in [6.45, 7) is 5.08. The molecule has 0 spiro atoms. The fraction of sp³-hybridized carbons (Fsp3) is 0.600. The van der Waals surface area contributed by atoms with Gasteiger partial charge in [-0.1, -0.05) is 18.5 Å². The van der Waals surface area contributed by atoms with Crippen molar-refractivity contribution in [3.63, 3.8) is 0 Å². The molecule has 1 aromatic carbocycles. The molecule has 1 aliphatic carbocycles.